The molecule has 116 valence electrons. The van der Waals surface area contributed by atoms with E-state index < -0.39 is 35.3 Å². The van der Waals surface area contributed by atoms with Crippen LogP contribution in [0.25, 0.3) is 0 Å². The van der Waals surface area contributed by atoms with Crippen LogP contribution >= 0.6 is 11.6 Å². The third kappa shape index (κ3) is 4.61. The summed E-state index contributed by atoms with van der Waals surface area (Å²) in [5.74, 6) is -2.93. The van der Waals surface area contributed by atoms with Crippen molar-refractivity contribution >= 4 is 23.4 Å². The smallest absolute Gasteiger partial charge is 0.479 e. The Morgan fingerprint density at radius 2 is 1.86 bits per heavy atom. The number of ether oxygens (including phenoxy) is 1. The molecular weight excluding hydrogens is 317 g/mol. The molecule has 0 saturated carbocycles. The predicted molar refractivity (Wildman–Crippen MR) is 65.0 cm³/mol. The second-order valence-corrected chi connectivity index (χ2v) is 4.49. The fourth-order valence-corrected chi connectivity index (χ4v) is 1.76. The van der Waals surface area contributed by atoms with Gasteiger partial charge in [0.2, 0.25) is 0 Å². The van der Waals surface area contributed by atoms with E-state index in [2.05, 4.69) is 4.74 Å². The minimum atomic E-state index is -4.96. The van der Waals surface area contributed by atoms with Crippen LogP contribution in [0.4, 0.5) is 13.2 Å². The highest BCUT2D eigenvalue weighted by Crippen LogP contribution is 2.34. The van der Waals surface area contributed by atoms with Crippen LogP contribution in [-0.2, 0) is 9.59 Å². The average Bonchev–Trinajstić information content (AvgIpc) is 2.34. The molecule has 5 nitrogen and oxygen atoms in total. The van der Waals surface area contributed by atoms with Crippen molar-refractivity contribution in [2.45, 2.75) is 24.8 Å². The number of halogens is 4. The lowest BCUT2D eigenvalue weighted by atomic mass is 9.97. The van der Waals surface area contributed by atoms with Gasteiger partial charge in [0, 0.05) is 0 Å². The normalized spacial score (nSPS) is 14.4. The number of ketones is 1. The molecule has 0 radical (unpaired) electrons. The molecular formula is C12H10ClF3O5. The summed E-state index contributed by atoms with van der Waals surface area (Å²) in [4.78, 5) is 22.0. The van der Waals surface area contributed by atoms with Gasteiger partial charge < -0.3 is 14.9 Å². The first kappa shape index (κ1) is 17.3. The van der Waals surface area contributed by atoms with E-state index in [-0.39, 0.29) is 11.1 Å². The number of Topliss-reactive ketones (excluding diaryl/α,β-unsaturated/α-hetero) is 1. The highest BCUT2D eigenvalue weighted by Gasteiger charge is 2.32. The molecule has 0 aliphatic carbocycles. The van der Waals surface area contributed by atoms with Crippen molar-refractivity contribution in [3.05, 3.63) is 29.3 Å². The average molecular weight is 327 g/mol. The van der Waals surface area contributed by atoms with Gasteiger partial charge in [-0.05, 0) is 30.2 Å². The highest BCUT2D eigenvalue weighted by atomic mass is 35.5. The number of aliphatic carboxylic acids is 1. The van der Waals surface area contributed by atoms with E-state index in [4.69, 9.17) is 16.7 Å². The van der Waals surface area contributed by atoms with Crippen LogP contribution in [0, 0.1) is 0 Å². The second kappa shape index (κ2) is 6.31. The van der Waals surface area contributed by atoms with E-state index in [9.17, 15) is 27.9 Å². The van der Waals surface area contributed by atoms with E-state index in [1.165, 1.54) is 0 Å². The van der Waals surface area contributed by atoms with Gasteiger partial charge in [-0.25, -0.2) is 4.79 Å². The van der Waals surface area contributed by atoms with Crippen molar-refractivity contribution in [2.75, 3.05) is 0 Å². The van der Waals surface area contributed by atoms with Crippen LogP contribution in [0.3, 0.4) is 0 Å². The van der Waals surface area contributed by atoms with Crippen LogP contribution in [-0.4, -0.2) is 28.3 Å². The largest absolute Gasteiger partial charge is 0.573 e. The molecule has 0 aliphatic heterocycles. The number of carbonyl (C=O) groups is 2. The lowest BCUT2D eigenvalue weighted by Gasteiger charge is -2.17. The maximum absolute atomic E-state index is 12.2. The minimum absolute atomic E-state index is 0.263. The number of carbonyl (C=O) groups excluding carboxylic acids is 1. The van der Waals surface area contributed by atoms with Crippen molar-refractivity contribution < 1.29 is 37.7 Å². The van der Waals surface area contributed by atoms with Crippen LogP contribution in [0.1, 0.15) is 29.5 Å². The molecule has 0 amide bonds. The Morgan fingerprint density at radius 3 is 2.29 bits per heavy atom. The van der Waals surface area contributed by atoms with Crippen molar-refractivity contribution in [3.63, 3.8) is 0 Å². The van der Waals surface area contributed by atoms with Gasteiger partial charge in [-0.1, -0.05) is 6.07 Å². The van der Waals surface area contributed by atoms with Crippen molar-refractivity contribution in [3.8, 4) is 5.75 Å². The molecule has 0 aliphatic rings. The molecule has 0 saturated heterocycles. The van der Waals surface area contributed by atoms with Gasteiger partial charge in [0.25, 0.3) is 0 Å². The first-order chi connectivity index (χ1) is 9.53. The molecule has 2 unspecified atom stereocenters. The van der Waals surface area contributed by atoms with E-state index in [1.54, 1.807) is 0 Å². The minimum Gasteiger partial charge on any atom is -0.479 e. The highest BCUT2D eigenvalue weighted by molar-refractivity contribution is 6.31. The number of hydrogen-bond acceptors (Lipinski definition) is 4. The first-order valence-corrected chi connectivity index (χ1v) is 5.91. The SMILES string of the molecule is CC(=O)C(Cl)c1cc(OC(F)(F)F)ccc1C(O)C(=O)O. The van der Waals surface area contributed by atoms with Crippen molar-refractivity contribution in [1.29, 1.82) is 0 Å². The summed E-state index contributed by atoms with van der Waals surface area (Å²) in [7, 11) is 0. The molecule has 0 fully saturated rings. The second-order valence-electron chi connectivity index (χ2n) is 4.05. The summed E-state index contributed by atoms with van der Waals surface area (Å²) in [6.45, 7) is 1.08. The molecule has 1 aromatic carbocycles. The Labute approximate surface area is 121 Å². The molecule has 0 bridgehead atoms. The van der Waals surface area contributed by atoms with Crippen LogP contribution < -0.4 is 4.74 Å². The number of alkyl halides is 4. The number of carboxylic acids is 1. The van der Waals surface area contributed by atoms with Gasteiger partial charge in [0.05, 0.1) is 0 Å². The molecule has 0 aromatic heterocycles. The van der Waals surface area contributed by atoms with Crippen molar-refractivity contribution in [1.82, 2.24) is 0 Å². The Morgan fingerprint density at radius 1 is 1.29 bits per heavy atom. The number of benzene rings is 1. The fourth-order valence-electron chi connectivity index (χ4n) is 1.57. The molecule has 1 aromatic rings. The van der Waals surface area contributed by atoms with Gasteiger partial charge in [-0.3, -0.25) is 4.79 Å². The van der Waals surface area contributed by atoms with E-state index in [1.807, 2.05) is 0 Å². The van der Waals surface area contributed by atoms with E-state index in [0.717, 1.165) is 25.1 Å². The molecule has 2 N–H and O–H groups in total. The molecule has 2 atom stereocenters. The number of rotatable bonds is 5. The van der Waals surface area contributed by atoms with Gasteiger partial charge in [-0.15, -0.1) is 24.8 Å². The summed E-state index contributed by atoms with van der Waals surface area (Å²) < 4.78 is 40.1. The molecule has 21 heavy (non-hydrogen) atoms. The van der Waals surface area contributed by atoms with E-state index >= 15 is 0 Å². The fraction of sp³-hybridized carbons (Fsp3) is 0.333. The first-order valence-electron chi connectivity index (χ1n) is 5.48. The number of aliphatic hydroxyl groups is 1. The van der Waals surface area contributed by atoms with Crippen LogP contribution in [0.5, 0.6) is 5.75 Å². The van der Waals surface area contributed by atoms with Gasteiger partial charge in [0.15, 0.2) is 11.9 Å². The number of aliphatic hydroxyl groups excluding tert-OH is 1. The molecule has 0 spiro atoms. The number of carboxylic acid groups (broad SMARTS) is 1. The van der Waals surface area contributed by atoms with E-state index in [0.29, 0.717) is 0 Å². The topological polar surface area (TPSA) is 83.8 Å². The third-order valence-electron chi connectivity index (χ3n) is 2.45. The lowest BCUT2D eigenvalue weighted by molar-refractivity contribution is -0.274. The maximum atomic E-state index is 12.2. The third-order valence-corrected chi connectivity index (χ3v) is 2.99. The Bertz CT molecular complexity index is 558. The van der Waals surface area contributed by atoms with Gasteiger partial charge >= 0.3 is 12.3 Å². The van der Waals surface area contributed by atoms with Gasteiger partial charge in [-0.2, -0.15) is 0 Å². The molecule has 9 heteroatoms. The standard InChI is InChI=1S/C12H10ClF3O5/c1-5(17)9(13)8-4-6(21-12(14,15)16)2-3-7(8)10(18)11(19)20/h2-4,9-10,18H,1H3,(H,19,20). The Hall–Kier alpha value is -1.80. The maximum Gasteiger partial charge on any atom is 0.573 e. The molecule has 1 rings (SSSR count). The zero-order chi connectivity index (χ0) is 16.4. The summed E-state index contributed by atoms with van der Waals surface area (Å²) in [6, 6.07) is 2.50. The summed E-state index contributed by atoms with van der Waals surface area (Å²) >= 11 is 5.75. The Kier molecular flexibility index (Phi) is 5.19. The predicted octanol–water partition coefficient (Wildman–Crippen LogP) is 2.57. The van der Waals surface area contributed by atoms with Crippen molar-refractivity contribution in [2.24, 2.45) is 0 Å². The Balaban J connectivity index is 3.33. The van der Waals surface area contributed by atoms with Crippen LogP contribution in [0.15, 0.2) is 18.2 Å². The number of hydrogen-bond donors (Lipinski definition) is 2. The lowest BCUT2D eigenvalue weighted by Crippen LogP contribution is -2.19. The zero-order valence-corrected chi connectivity index (χ0v) is 11.3. The summed E-state index contributed by atoms with van der Waals surface area (Å²) in [6.07, 6.45) is -6.98. The quantitative estimate of drug-likeness (QED) is 0.812. The molecule has 0 heterocycles. The summed E-state index contributed by atoms with van der Waals surface area (Å²) in [5, 5.41) is 16.8. The van der Waals surface area contributed by atoms with Gasteiger partial charge in [0.1, 0.15) is 11.1 Å². The van der Waals surface area contributed by atoms with Crippen LogP contribution in [0.2, 0.25) is 0 Å². The monoisotopic (exact) mass is 326 g/mol. The zero-order valence-electron chi connectivity index (χ0n) is 10.5. The summed E-state index contributed by atoms with van der Waals surface area (Å²) in [5.41, 5.74) is -0.548.